The third-order valence-electron chi connectivity index (χ3n) is 6.95. The highest BCUT2D eigenvalue weighted by Gasteiger charge is 2.59. The molecule has 3 saturated heterocycles. The molecular weight excluding hydrogens is 333 g/mol. The Morgan fingerprint density at radius 2 is 1.88 bits per heavy atom. The van der Waals surface area contributed by atoms with E-state index in [2.05, 4.69) is 5.32 Å². The summed E-state index contributed by atoms with van der Waals surface area (Å²) in [5.74, 6) is 1.77. The van der Waals surface area contributed by atoms with Gasteiger partial charge in [0.25, 0.3) is 0 Å². The summed E-state index contributed by atoms with van der Waals surface area (Å²) in [6.07, 6.45) is 0. The van der Waals surface area contributed by atoms with Crippen molar-refractivity contribution < 1.29 is 14.0 Å². The maximum atomic E-state index is 13.8. The molecule has 138 valence electrons. The minimum atomic E-state index is -0.279. The Morgan fingerprint density at radius 1 is 1.12 bits per heavy atom. The van der Waals surface area contributed by atoms with Gasteiger partial charge in [0, 0.05) is 44.3 Å². The molecule has 3 heterocycles. The molecule has 0 bridgehead atoms. The summed E-state index contributed by atoms with van der Waals surface area (Å²) in [4.78, 5) is 29.0. The molecule has 4 fully saturated rings. The van der Waals surface area contributed by atoms with Crippen molar-refractivity contribution in [2.45, 2.75) is 13.0 Å². The van der Waals surface area contributed by atoms with E-state index in [0.29, 0.717) is 30.8 Å². The number of piperidine rings is 1. The van der Waals surface area contributed by atoms with Crippen LogP contribution in [0.4, 0.5) is 4.39 Å². The van der Waals surface area contributed by atoms with E-state index in [1.54, 1.807) is 13.0 Å². The second-order valence-electron chi connectivity index (χ2n) is 8.35. The van der Waals surface area contributed by atoms with Gasteiger partial charge in [-0.1, -0.05) is 12.1 Å². The summed E-state index contributed by atoms with van der Waals surface area (Å²) in [7, 11) is 0. The highest BCUT2D eigenvalue weighted by molar-refractivity contribution is 5.83. The minimum absolute atomic E-state index is 0.0225. The van der Waals surface area contributed by atoms with E-state index in [1.165, 1.54) is 12.1 Å². The van der Waals surface area contributed by atoms with E-state index < -0.39 is 0 Å². The number of halogens is 1. The van der Waals surface area contributed by atoms with Gasteiger partial charge in [-0.15, -0.1) is 0 Å². The molecule has 1 N–H and O–H groups in total. The number of carbonyl (C=O) groups excluding carboxylic acids is 2. The van der Waals surface area contributed by atoms with Crippen molar-refractivity contribution in [2.24, 2.45) is 29.6 Å². The van der Waals surface area contributed by atoms with Gasteiger partial charge in [0.05, 0.1) is 6.04 Å². The lowest BCUT2D eigenvalue weighted by Gasteiger charge is -2.29. The molecule has 1 saturated carbocycles. The number of amides is 2. The molecule has 4 aliphatic rings. The first-order valence-corrected chi connectivity index (χ1v) is 9.57. The molecular formula is C20H24FN3O2. The third kappa shape index (κ3) is 2.38. The van der Waals surface area contributed by atoms with Gasteiger partial charge in [0.15, 0.2) is 0 Å². The summed E-state index contributed by atoms with van der Waals surface area (Å²) in [6, 6.07) is 6.43. The van der Waals surface area contributed by atoms with E-state index in [9.17, 15) is 14.0 Å². The molecule has 2 amide bonds. The van der Waals surface area contributed by atoms with E-state index in [1.807, 2.05) is 15.9 Å². The van der Waals surface area contributed by atoms with Gasteiger partial charge >= 0.3 is 0 Å². The van der Waals surface area contributed by atoms with Crippen molar-refractivity contribution in [3.63, 3.8) is 0 Å². The summed E-state index contributed by atoms with van der Waals surface area (Å²) < 4.78 is 13.8. The summed E-state index contributed by atoms with van der Waals surface area (Å²) in [6.45, 7) is 5.57. The number of hydrogen-bond acceptors (Lipinski definition) is 3. The fourth-order valence-electron chi connectivity index (χ4n) is 5.66. The number of nitrogens with one attached hydrogen (secondary N) is 1. The molecule has 0 radical (unpaired) electrons. The van der Waals surface area contributed by atoms with Gasteiger partial charge in [-0.05, 0) is 42.6 Å². The predicted molar refractivity (Wildman–Crippen MR) is 93.4 cm³/mol. The molecule has 5 nitrogen and oxygen atoms in total. The normalized spacial score (nSPS) is 37.6. The average Bonchev–Trinajstić information content (AvgIpc) is 3.00. The smallest absolute Gasteiger partial charge is 0.226 e. The third-order valence-corrected chi connectivity index (χ3v) is 6.95. The van der Waals surface area contributed by atoms with E-state index in [4.69, 9.17) is 0 Å². The highest BCUT2D eigenvalue weighted by atomic mass is 19.1. The Hall–Kier alpha value is -1.95. The maximum Gasteiger partial charge on any atom is 0.226 e. The van der Waals surface area contributed by atoms with Gasteiger partial charge in [-0.3, -0.25) is 9.59 Å². The van der Waals surface area contributed by atoms with Gasteiger partial charge in [-0.2, -0.15) is 0 Å². The van der Waals surface area contributed by atoms with Crippen LogP contribution >= 0.6 is 0 Å². The lowest BCUT2D eigenvalue weighted by molar-refractivity contribution is -0.133. The quantitative estimate of drug-likeness (QED) is 0.867. The Morgan fingerprint density at radius 3 is 2.58 bits per heavy atom. The zero-order valence-corrected chi connectivity index (χ0v) is 14.9. The maximum absolute atomic E-state index is 13.8. The summed E-state index contributed by atoms with van der Waals surface area (Å²) in [5.41, 5.74) is 0.842. The number of carbonyl (C=O) groups is 2. The predicted octanol–water partition coefficient (Wildman–Crippen LogP) is 1.27. The Bertz CT molecular complexity index is 759. The first-order valence-electron chi connectivity index (χ1n) is 9.57. The van der Waals surface area contributed by atoms with Crippen LogP contribution in [0.1, 0.15) is 18.5 Å². The van der Waals surface area contributed by atoms with Crippen molar-refractivity contribution in [3.05, 3.63) is 35.6 Å². The standard InChI is InChI=1S/C20H24FN3O2/c1-11(25)24-9-13-8-23(20(26)18-15-6-22-7-16(15)18)10-17(13)19(24)12-3-2-4-14(21)5-12/h2-5,13,15-19,22H,6-10H2,1H3/t13-,15-,16+,17-,18?,19+/m1/s1. The monoisotopic (exact) mass is 357 g/mol. The number of likely N-dealkylation sites (tertiary alicyclic amines) is 2. The van der Waals surface area contributed by atoms with Gasteiger partial charge < -0.3 is 15.1 Å². The molecule has 1 aliphatic carbocycles. The van der Waals surface area contributed by atoms with Gasteiger partial charge in [-0.25, -0.2) is 4.39 Å². The SMILES string of the molecule is CC(=O)N1C[C@H]2CN(C(=O)C3[C@H]4CNC[C@@H]34)C[C@H]2[C@@H]1c1cccc(F)c1. The van der Waals surface area contributed by atoms with Crippen molar-refractivity contribution in [3.8, 4) is 0 Å². The van der Waals surface area contributed by atoms with Crippen LogP contribution in [0.15, 0.2) is 24.3 Å². The van der Waals surface area contributed by atoms with Crippen LogP contribution in [0.3, 0.4) is 0 Å². The number of hydrogen-bond donors (Lipinski definition) is 1. The van der Waals surface area contributed by atoms with Crippen LogP contribution in [0, 0.1) is 35.4 Å². The first-order chi connectivity index (χ1) is 12.5. The lowest BCUT2D eigenvalue weighted by Crippen LogP contribution is -2.38. The first kappa shape index (κ1) is 16.2. The van der Waals surface area contributed by atoms with Crippen LogP contribution < -0.4 is 5.32 Å². The highest BCUT2D eigenvalue weighted by Crippen LogP contribution is 2.51. The molecule has 26 heavy (non-hydrogen) atoms. The Balaban J connectivity index is 1.37. The Kier molecular flexibility index (Phi) is 3.61. The van der Waals surface area contributed by atoms with Crippen LogP contribution in [0.2, 0.25) is 0 Å². The second-order valence-corrected chi connectivity index (χ2v) is 8.35. The molecule has 3 aliphatic heterocycles. The molecule has 1 unspecified atom stereocenters. The largest absolute Gasteiger partial charge is 0.342 e. The summed E-state index contributed by atoms with van der Waals surface area (Å²) in [5, 5.41) is 3.34. The number of rotatable bonds is 2. The number of fused-ring (bicyclic) bond motifs is 2. The van der Waals surface area contributed by atoms with Gasteiger partial charge in [0.2, 0.25) is 11.8 Å². The van der Waals surface area contributed by atoms with Gasteiger partial charge in [0.1, 0.15) is 5.82 Å². The number of nitrogens with zero attached hydrogens (tertiary/aromatic N) is 2. The van der Waals surface area contributed by atoms with Crippen LogP contribution in [0.5, 0.6) is 0 Å². The topological polar surface area (TPSA) is 52.7 Å². The molecule has 0 aromatic heterocycles. The van der Waals surface area contributed by atoms with E-state index >= 15 is 0 Å². The lowest BCUT2D eigenvalue weighted by atomic mass is 9.89. The Labute approximate surface area is 152 Å². The van der Waals surface area contributed by atoms with E-state index in [-0.39, 0.29) is 35.5 Å². The zero-order chi connectivity index (χ0) is 18.0. The van der Waals surface area contributed by atoms with Crippen molar-refractivity contribution >= 4 is 11.8 Å². The molecule has 5 rings (SSSR count). The van der Waals surface area contributed by atoms with Crippen molar-refractivity contribution in [1.82, 2.24) is 15.1 Å². The summed E-state index contributed by atoms with van der Waals surface area (Å²) >= 11 is 0. The van der Waals surface area contributed by atoms with Crippen LogP contribution in [-0.2, 0) is 9.59 Å². The minimum Gasteiger partial charge on any atom is -0.342 e. The molecule has 1 aromatic rings. The average molecular weight is 357 g/mol. The molecule has 6 heteroatoms. The molecule has 6 atom stereocenters. The zero-order valence-electron chi connectivity index (χ0n) is 14.9. The number of benzene rings is 1. The fraction of sp³-hybridized carbons (Fsp3) is 0.600. The van der Waals surface area contributed by atoms with Crippen LogP contribution in [0.25, 0.3) is 0 Å². The second kappa shape index (κ2) is 5.78. The van der Waals surface area contributed by atoms with Crippen molar-refractivity contribution in [1.29, 1.82) is 0 Å². The molecule has 1 aromatic carbocycles. The van der Waals surface area contributed by atoms with Crippen LogP contribution in [-0.4, -0.2) is 54.3 Å². The van der Waals surface area contributed by atoms with E-state index in [0.717, 1.165) is 25.2 Å². The van der Waals surface area contributed by atoms with Crippen molar-refractivity contribution in [2.75, 3.05) is 32.7 Å². The molecule has 0 spiro atoms. The fourth-order valence-corrected chi connectivity index (χ4v) is 5.66.